The van der Waals surface area contributed by atoms with Gasteiger partial charge in [0.05, 0.1) is 7.11 Å². The van der Waals surface area contributed by atoms with Crippen LogP contribution in [0.1, 0.15) is 30.6 Å². The summed E-state index contributed by atoms with van der Waals surface area (Å²) in [5.41, 5.74) is 7.06. The van der Waals surface area contributed by atoms with Crippen LogP contribution in [0, 0.1) is 6.92 Å². The van der Waals surface area contributed by atoms with Crippen molar-refractivity contribution in [2.24, 2.45) is 5.73 Å². The zero-order valence-electron chi connectivity index (χ0n) is 12.6. The molecule has 6 nitrogen and oxygen atoms in total. The van der Waals surface area contributed by atoms with Gasteiger partial charge in [-0.2, -0.15) is 4.98 Å². The lowest BCUT2D eigenvalue weighted by Crippen LogP contribution is -2.21. The molecule has 2 aromatic rings. The van der Waals surface area contributed by atoms with Gasteiger partial charge < -0.3 is 19.7 Å². The summed E-state index contributed by atoms with van der Waals surface area (Å²) in [6, 6.07) is 5.78. The molecule has 0 aliphatic carbocycles. The van der Waals surface area contributed by atoms with Crippen LogP contribution in [0.4, 0.5) is 0 Å². The van der Waals surface area contributed by atoms with E-state index in [4.69, 9.17) is 19.7 Å². The third-order valence-corrected chi connectivity index (χ3v) is 3.20. The van der Waals surface area contributed by atoms with E-state index in [0.717, 1.165) is 29.9 Å². The van der Waals surface area contributed by atoms with Crippen LogP contribution in [0.5, 0.6) is 11.5 Å². The number of rotatable bonds is 7. The second kappa shape index (κ2) is 7.08. The van der Waals surface area contributed by atoms with Crippen LogP contribution in [0.2, 0.25) is 0 Å². The van der Waals surface area contributed by atoms with E-state index in [2.05, 4.69) is 17.1 Å². The van der Waals surface area contributed by atoms with E-state index < -0.39 is 0 Å². The van der Waals surface area contributed by atoms with Gasteiger partial charge >= 0.3 is 0 Å². The largest absolute Gasteiger partial charge is 0.497 e. The van der Waals surface area contributed by atoms with Gasteiger partial charge in [-0.3, -0.25) is 0 Å². The van der Waals surface area contributed by atoms with Gasteiger partial charge in [0, 0.05) is 13.0 Å². The monoisotopic (exact) mass is 291 g/mol. The third-order valence-electron chi connectivity index (χ3n) is 3.20. The van der Waals surface area contributed by atoms with Crippen molar-refractivity contribution in [1.82, 2.24) is 10.1 Å². The number of methoxy groups -OCH3 is 1. The summed E-state index contributed by atoms with van der Waals surface area (Å²) in [6.07, 6.45) is 1.63. The lowest BCUT2D eigenvalue weighted by atomic mass is 10.0. The van der Waals surface area contributed by atoms with Crippen LogP contribution in [0.25, 0.3) is 0 Å². The van der Waals surface area contributed by atoms with Gasteiger partial charge in [-0.15, -0.1) is 0 Å². The highest BCUT2D eigenvalue weighted by Gasteiger charge is 2.11. The molecule has 0 radical (unpaired) electrons. The Morgan fingerprint density at radius 2 is 2.19 bits per heavy atom. The van der Waals surface area contributed by atoms with Gasteiger partial charge in [0.1, 0.15) is 11.5 Å². The molecule has 2 rings (SSSR count). The third kappa shape index (κ3) is 4.19. The van der Waals surface area contributed by atoms with E-state index in [1.165, 1.54) is 0 Å². The van der Waals surface area contributed by atoms with Crippen LogP contribution < -0.4 is 15.2 Å². The quantitative estimate of drug-likeness (QED) is 0.842. The normalized spacial score (nSPS) is 12.2. The molecule has 21 heavy (non-hydrogen) atoms. The molecule has 2 N–H and O–H groups in total. The van der Waals surface area contributed by atoms with Crippen molar-refractivity contribution in [3.8, 4) is 11.5 Å². The minimum Gasteiger partial charge on any atom is -0.497 e. The first-order valence-electron chi connectivity index (χ1n) is 6.96. The van der Waals surface area contributed by atoms with Crippen LogP contribution in [-0.2, 0) is 13.0 Å². The Morgan fingerprint density at radius 3 is 2.81 bits per heavy atom. The summed E-state index contributed by atoms with van der Waals surface area (Å²) in [5, 5.41) is 3.81. The number of hydrogen-bond acceptors (Lipinski definition) is 6. The Balaban J connectivity index is 2.12. The first-order chi connectivity index (χ1) is 10.1. The fraction of sp³-hybridized carbons (Fsp3) is 0.467. The maximum absolute atomic E-state index is 6.04. The molecule has 1 heterocycles. The van der Waals surface area contributed by atoms with Crippen molar-refractivity contribution in [2.75, 3.05) is 7.11 Å². The molecule has 0 saturated carbocycles. The molecular weight excluding hydrogens is 270 g/mol. The summed E-state index contributed by atoms with van der Waals surface area (Å²) >= 11 is 0. The van der Waals surface area contributed by atoms with Crippen LogP contribution in [0.15, 0.2) is 22.7 Å². The molecule has 0 fully saturated rings. The number of nitrogens with zero attached hydrogens (tertiary/aromatic N) is 2. The van der Waals surface area contributed by atoms with Gasteiger partial charge in [-0.25, -0.2) is 0 Å². The average Bonchev–Trinajstić information content (AvgIpc) is 2.91. The van der Waals surface area contributed by atoms with Gasteiger partial charge in [-0.05, 0) is 36.6 Å². The fourth-order valence-corrected chi connectivity index (χ4v) is 1.95. The second-order valence-corrected chi connectivity index (χ2v) is 4.86. The zero-order chi connectivity index (χ0) is 15.2. The number of benzene rings is 1. The Kier molecular flexibility index (Phi) is 5.16. The van der Waals surface area contributed by atoms with E-state index in [0.29, 0.717) is 11.7 Å². The molecule has 1 unspecified atom stereocenters. The molecular formula is C15H21N3O3. The molecule has 114 valence electrons. The molecule has 6 heteroatoms. The van der Waals surface area contributed by atoms with Gasteiger partial charge in [0.15, 0.2) is 6.61 Å². The summed E-state index contributed by atoms with van der Waals surface area (Å²) in [5.74, 6) is 2.60. The highest BCUT2D eigenvalue weighted by atomic mass is 16.5. The number of aryl methyl sites for hydroxylation is 1. The topological polar surface area (TPSA) is 83.4 Å². The second-order valence-electron chi connectivity index (χ2n) is 4.86. The lowest BCUT2D eigenvalue weighted by Gasteiger charge is -2.15. The maximum atomic E-state index is 6.04. The highest BCUT2D eigenvalue weighted by molar-refractivity contribution is 5.40. The van der Waals surface area contributed by atoms with Crippen LogP contribution >= 0.6 is 0 Å². The van der Waals surface area contributed by atoms with Crippen molar-refractivity contribution < 1.29 is 14.0 Å². The molecule has 0 spiro atoms. The lowest BCUT2D eigenvalue weighted by molar-refractivity contribution is 0.282. The van der Waals surface area contributed by atoms with E-state index in [9.17, 15) is 0 Å². The molecule has 0 bridgehead atoms. The van der Waals surface area contributed by atoms with E-state index in [1.54, 1.807) is 14.0 Å². The summed E-state index contributed by atoms with van der Waals surface area (Å²) in [4.78, 5) is 4.11. The number of hydrogen-bond donors (Lipinski definition) is 1. The minimum atomic E-state index is 0.0897. The van der Waals surface area contributed by atoms with Crippen molar-refractivity contribution >= 4 is 0 Å². The van der Waals surface area contributed by atoms with E-state index in [-0.39, 0.29) is 12.6 Å². The predicted molar refractivity (Wildman–Crippen MR) is 78.3 cm³/mol. The van der Waals surface area contributed by atoms with Crippen molar-refractivity contribution in [3.05, 3.63) is 35.5 Å². The summed E-state index contributed by atoms with van der Waals surface area (Å²) in [6.45, 7) is 4.07. The molecule has 1 atom stereocenters. The number of ether oxygens (including phenoxy) is 2. The molecule has 0 aliphatic rings. The maximum Gasteiger partial charge on any atom is 0.223 e. The van der Waals surface area contributed by atoms with Crippen molar-refractivity contribution in [2.45, 2.75) is 39.3 Å². The van der Waals surface area contributed by atoms with Crippen LogP contribution in [-0.4, -0.2) is 23.3 Å². The number of aromatic nitrogens is 2. The Bertz CT molecular complexity index is 583. The van der Waals surface area contributed by atoms with Gasteiger partial charge in [0.25, 0.3) is 0 Å². The summed E-state index contributed by atoms with van der Waals surface area (Å²) in [7, 11) is 1.64. The van der Waals surface area contributed by atoms with E-state index in [1.807, 2.05) is 18.2 Å². The van der Waals surface area contributed by atoms with Gasteiger partial charge in [0.2, 0.25) is 11.7 Å². The first-order valence-corrected chi connectivity index (χ1v) is 6.96. The molecule has 0 aliphatic heterocycles. The van der Waals surface area contributed by atoms with Gasteiger partial charge in [-0.1, -0.05) is 12.1 Å². The fourth-order valence-electron chi connectivity index (χ4n) is 1.95. The first kappa shape index (κ1) is 15.3. The van der Waals surface area contributed by atoms with Crippen LogP contribution in [0.3, 0.4) is 0 Å². The number of nitrogens with two attached hydrogens (primary N) is 1. The SMILES string of the molecule is CCC(N)Cc1cc(OC)ccc1OCc1noc(C)n1. The Morgan fingerprint density at radius 1 is 1.38 bits per heavy atom. The average molecular weight is 291 g/mol. The molecule has 0 saturated heterocycles. The molecule has 1 aromatic carbocycles. The standard InChI is InChI=1S/C15H21N3O3/c1-4-12(16)7-11-8-13(19-3)5-6-14(11)20-9-15-17-10(2)21-18-15/h5-6,8,12H,4,7,9,16H2,1-3H3. The van der Waals surface area contributed by atoms with E-state index >= 15 is 0 Å². The molecule has 1 aromatic heterocycles. The Labute approximate surface area is 124 Å². The predicted octanol–water partition coefficient (Wildman–Crippen LogP) is 2.25. The Hall–Kier alpha value is -2.08. The summed E-state index contributed by atoms with van der Waals surface area (Å²) < 4.78 is 16.0. The molecule has 0 amide bonds. The highest BCUT2D eigenvalue weighted by Crippen LogP contribution is 2.26. The smallest absolute Gasteiger partial charge is 0.223 e. The van der Waals surface area contributed by atoms with Crippen molar-refractivity contribution in [3.63, 3.8) is 0 Å². The minimum absolute atomic E-state index is 0.0897. The van der Waals surface area contributed by atoms with Crippen molar-refractivity contribution in [1.29, 1.82) is 0 Å². The zero-order valence-corrected chi connectivity index (χ0v) is 12.6.